The normalized spacial score (nSPS) is 11.3. The summed E-state index contributed by atoms with van der Waals surface area (Å²) < 4.78 is 1.91. The molecule has 2 aromatic rings. The van der Waals surface area contributed by atoms with Crippen molar-refractivity contribution in [2.45, 2.75) is 19.9 Å². The number of aliphatic carboxylic acids is 1. The molecule has 1 aromatic heterocycles. The van der Waals surface area contributed by atoms with Gasteiger partial charge in [0.25, 0.3) is 0 Å². The lowest BCUT2D eigenvalue weighted by Crippen LogP contribution is -2.03. The number of carboxylic acid groups (broad SMARTS) is 1. The lowest BCUT2D eigenvalue weighted by atomic mass is 10.2. The summed E-state index contributed by atoms with van der Waals surface area (Å²) in [6.07, 6.45) is 2.53. The minimum Gasteiger partial charge on any atom is -0.478 e. The predicted octanol–water partition coefficient (Wildman–Crippen LogP) is 2.59. The smallest absolute Gasteiger partial charge is 0.328 e. The van der Waals surface area contributed by atoms with Crippen molar-refractivity contribution in [2.75, 3.05) is 0 Å². The number of nitrogens with zero attached hydrogens (tertiary/aromatic N) is 3. The molecular weight excluding hydrogens is 242 g/mol. The first-order chi connectivity index (χ1) is 9.02. The molecule has 0 fully saturated rings. The van der Waals surface area contributed by atoms with Gasteiger partial charge in [0.05, 0.1) is 22.7 Å². The minimum atomic E-state index is -1.01. The van der Waals surface area contributed by atoms with Crippen LogP contribution in [0.5, 0.6) is 0 Å². The van der Waals surface area contributed by atoms with E-state index >= 15 is 0 Å². The Hall–Kier alpha value is -2.61. The third-order valence-corrected chi connectivity index (χ3v) is 2.74. The lowest BCUT2D eigenvalue weighted by Gasteiger charge is -2.10. The molecule has 19 heavy (non-hydrogen) atoms. The average Bonchev–Trinajstić information content (AvgIpc) is 2.73. The maximum atomic E-state index is 10.6. The van der Waals surface area contributed by atoms with E-state index in [2.05, 4.69) is 11.1 Å². The first-order valence-electron chi connectivity index (χ1n) is 5.86. The number of hydrogen-bond acceptors (Lipinski definition) is 3. The van der Waals surface area contributed by atoms with Crippen molar-refractivity contribution >= 4 is 23.1 Å². The second kappa shape index (κ2) is 4.94. The van der Waals surface area contributed by atoms with Gasteiger partial charge in [-0.15, -0.1) is 0 Å². The van der Waals surface area contributed by atoms with Crippen LogP contribution in [0.1, 0.15) is 31.3 Å². The van der Waals surface area contributed by atoms with E-state index in [-0.39, 0.29) is 6.04 Å². The highest BCUT2D eigenvalue weighted by atomic mass is 16.4. The summed E-state index contributed by atoms with van der Waals surface area (Å²) in [5.41, 5.74) is 2.14. The molecule has 96 valence electrons. The number of rotatable bonds is 3. The van der Waals surface area contributed by atoms with E-state index in [1.165, 1.54) is 6.08 Å². The molecule has 0 saturated heterocycles. The highest BCUT2D eigenvalue weighted by Gasteiger charge is 2.12. The Morgan fingerprint density at radius 2 is 2.26 bits per heavy atom. The van der Waals surface area contributed by atoms with Crippen LogP contribution in [0.3, 0.4) is 0 Å². The van der Waals surface area contributed by atoms with Crippen LogP contribution in [-0.4, -0.2) is 20.6 Å². The molecule has 0 amide bonds. The van der Waals surface area contributed by atoms with E-state index in [1.807, 2.05) is 18.4 Å². The predicted molar refractivity (Wildman–Crippen MR) is 71.5 cm³/mol. The Morgan fingerprint density at radius 3 is 2.84 bits per heavy atom. The summed E-state index contributed by atoms with van der Waals surface area (Å²) in [5.74, 6) is -0.442. The SMILES string of the molecule is CC(C)n1c(/C=C/C(=O)O)nc2ccc(C#N)cc21. The van der Waals surface area contributed by atoms with Crippen molar-refractivity contribution in [3.05, 3.63) is 35.7 Å². The standard InChI is InChI=1S/C14H13N3O2/c1-9(2)17-12-7-10(8-15)3-4-11(12)16-13(17)5-6-14(18)19/h3-7,9H,1-2H3,(H,18,19)/b6-5+. The molecule has 5 heteroatoms. The first-order valence-corrected chi connectivity index (χ1v) is 5.86. The summed E-state index contributed by atoms with van der Waals surface area (Å²) in [7, 11) is 0. The van der Waals surface area contributed by atoms with Crippen molar-refractivity contribution in [1.29, 1.82) is 5.26 Å². The highest BCUT2D eigenvalue weighted by Crippen LogP contribution is 2.23. The van der Waals surface area contributed by atoms with Gasteiger partial charge in [0, 0.05) is 12.1 Å². The Kier molecular flexibility index (Phi) is 3.34. The molecule has 0 aliphatic heterocycles. The monoisotopic (exact) mass is 255 g/mol. The minimum absolute atomic E-state index is 0.118. The summed E-state index contributed by atoms with van der Waals surface area (Å²) in [4.78, 5) is 15.0. The molecular formula is C14H13N3O2. The second-order valence-corrected chi connectivity index (χ2v) is 4.42. The molecule has 0 atom stereocenters. The van der Waals surface area contributed by atoms with Crippen molar-refractivity contribution in [3.63, 3.8) is 0 Å². The second-order valence-electron chi connectivity index (χ2n) is 4.42. The zero-order valence-corrected chi connectivity index (χ0v) is 10.7. The highest BCUT2D eigenvalue weighted by molar-refractivity contribution is 5.86. The van der Waals surface area contributed by atoms with Crippen LogP contribution in [0.25, 0.3) is 17.1 Å². The Morgan fingerprint density at radius 1 is 1.53 bits per heavy atom. The fraction of sp³-hybridized carbons (Fsp3) is 0.214. The molecule has 0 aliphatic carbocycles. The van der Waals surface area contributed by atoms with E-state index in [0.717, 1.165) is 17.1 Å². The van der Waals surface area contributed by atoms with Gasteiger partial charge in [-0.3, -0.25) is 0 Å². The van der Waals surface area contributed by atoms with Gasteiger partial charge in [-0.05, 0) is 38.1 Å². The molecule has 0 aliphatic rings. The zero-order chi connectivity index (χ0) is 14.0. The van der Waals surface area contributed by atoms with Gasteiger partial charge >= 0.3 is 5.97 Å². The van der Waals surface area contributed by atoms with Crippen LogP contribution in [-0.2, 0) is 4.79 Å². The quantitative estimate of drug-likeness (QED) is 0.855. The van der Waals surface area contributed by atoms with Crippen molar-refractivity contribution in [2.24, 2.45) is 0 Å². The van der Waals surface area contributed by atoms with Gasteiger partial charge < -0.3 is 9.67 Å². The Balaban J connectivity index is 2.68. The topological polar surface area (TPSA) is 78.9 Å². The number of hydrogen-bond donors (Lipinski definition) is 1. The fourth-order valence-electron chi connectivity index (χ4n) is 1.99. The van der Waals surface area contributed by atoms with E-state index < -0.39 is 5.97 Å². The van der Waals surface area contributed by atoms with E-state index in [1.54, 1.807) is 18.2 Å². The molecule has 1 heterocycles. The molecule has 0 saturated carbocycles. The van der Waals surface area contributed by atoms with Crippen LogP contribution in [0.15, 0.2) is 24.3 Å². The van der Waals surface area contributed by atoms with Gasteiger partial charge in [0.2, 0.25) is 0 Å². The Labute approximate surface area is 110 Å². The molecule has 0 unspecified atom stereocenters. The van der Waals surface area contributed by atoms with Crippen molar-refractivity contribution in [1.82, 2.24) is 9.55 Å². The van der Waals surface area contributed by atoms with Gasteiger partial charge in [-0.1, -0.05) is 0 Å². The summed E-state index contributed by atoms with van der Waals surface area (Å²) in [5, 5.41) is 17.6. The average molecular weight is 255 g/mol. The van der Waals surface area contributed by atoms with E-state index in [9.17, 15) is 4.79 Å². The maximum absolute atomic E-state index is 10.6. The van der Waals surface area contributed by atoms with Crippen LogP contribution < -0.4 is 0 Å². The zero-order valence-electron chi connectivity index (χ0n) is 10.7. The summed E-state index contributed by atoms with van der Waals surface area (Å²) in [6.45, 7) is 3.97. The van der Waals surface area contributed by atoms with Crippen LogP contribution in [0.4, 0.5) is 0 Å². The number of carboxylic acids is 1. The third-order valence-electron chi connectivity index (χ3n) is 2.74. The molecule has 0 radical (unpaired) electrons. The van der Waals surface area contributed by atoms with Gasteiger partial charge in [-0.25, -0.2) is 9.78 Å². The van der Waals surface area contributed by atoms with Crippen molar-refractivity contribution in [3.8, 4) is 6.07 Å². The molecule has 2 rings (SSSR count). The molecule has 5 nitrogen and oxygen atoms in total. The van der Waals surface area contributed by atoms with E-state index in [0.29, 0.717) is 11.4 Å². The number of nitriles is 1. The van der Waals surface area contributed by atoms with Gasteiger partial charge in [-0.2, -0.15) is 5.26 Å². The van der Waals surface area contributed by atoms with Gasteiger partial charge in [0.1, 0.15) is 5.82 Å². The van der Waals surface area contributed by atoms with E-state index in [4.69, 9.17) is 10.4 Å². The van der Waals surface area contributed by atoms with Crippen molar-refractivity contribution < 1.29 is 9.90 Å². The molecule has 1 N–H and O–H groups in total. The number of benzene rings is 1. The van der Waals surface area contributed by atoms with Crippen LogP contribution in [0.2, 0.25) is 0 Å². The molecule has 0 bridgehead atoms. The maximum Gasteiger partial charge on any atom is 0.328 e. The largest absolute Gasteiger partial charge is 0.478 e. The number of imidazole rings is 1. The fourth-order valence-corrected chi connectivity index (χ4v) is 1.99. The lowest BCUT2D eigenvalue weighted by molar-refractivity contribution is -0.131. The third kappa shape index (κ3) is 2.47. The summed E-state index contributed by atoms with van der Waals surface area (Å²) >= 11 is 0. The number of aromatic nitrogens is 2. The first kappa shape index (κ1) is 12.8. The molecule has 1 aromatic carbocycles. The number of carbonyl (C=O) groups is 1. The molecule has 0 spiro atoms. The Bertz CT molecular complexity index is 705. The number of fused-ring (bicyclic) bond motifs is 1. The van der Waals surface area contributed by atoms with Crippen LogP contribution in [0, 0.1) is 11.3 Å². The van der Waals surface area contributed by atoms with Gasteiger partial charge in [0.15, 0.2) is 0 Å². The summed E-state index contributed by atoms with van der Waals surface area (Å²) in [6, 6.07) is 7.44. The van der Waals surface area contributed by atoms with Crippen LogP contribution >= 0.6 is 0 Å².